The Balaban J connectivity index is 2.25. The third-order valence-corrected chi connectivity index (χ3v) is 2.47. The Bertz CT molecular complexity index is 407. The minimum absolute atomic E-state index is 0.334. The molecular formula is C9H8FN3S. The molecule has 0 atom stereocenters. The predicted molar refractivity (Wildman–Crippen MR) is 53.5 cm³/mol. The van der Waals surface area contributed by atoms with E-state index in [2.05, 4.69) is 9.97 Å². The van der Waals surface area contributed by atoms with Gasteiger partial charge in [-0.15, -0.1) is 0 Å². The number of nitrogens with two attached hydrogens (primary N) is 1. The van der Waals surface area contributed by atoms with Crippen LogP contribution in [-0.4, -0.2) is 9.97 Å². The zero-order valence-electron chi connectivity index (χ0n) is 7.20. The molecule has 3 nitrogen and oxygen atoms in total. The highest BCUT2D eigenvalue weighted by atomic mass is 32.2. The van der Waals surface area contributed by atoms with Crippen LogP contribution in [0.5, 0.6) is 0 Å². The van der Waals surface area contributed by atoms with Gasteiger partial charge in [-0.3, -0.25) is 0 Å². The zero-order valence-corrected chi connectivity index (χ0v) is 8.01. The van der Waals surface area contributed by atoms with Crippen molar-refractivity contribution in [3.05, 3.63) is 36.4 Å². The highest BCUT2D eigenvalue weighted by Crippen LogP contribution is 2.26. The number of aromatic amines is 1. The van der Waals surface area contributed by atoms with Gasteiger partial charge in [0, 0.05) is 23.0 Å². The van der Waals surface area contributed by atoms with Gasteiger partial charge in [0.2, 0.25) is 0 Å². The van der Waals surface area contributed by atoms with E-state index in [1.807, 2.05) is 0 Å². The van der Waals surface area contributed by atoms with E-state index in [0.717, 1.165) is 10.1 Å². The van der Waals surface area contributed by atoms with Crippen molar-refractivity contribution in [2.45, 2.75) is 10.1 Å². The van der Waals surface area contributed by atoms with Crippen LogP contribution in [0.3, 0.4) is 0 Å². The molecule has 5 heteroatoms. The lowest BCUT2D eigenvalue weighted by Crippen LogP contribution is -1.87. The quantitative estimate of drug-likeness (QED) is 0.746. The summed E-state index contributed by atoms with van der Waals surface area (Å²) in [4.78, 5) is 7.66. The molecule has 0 radical (unpaired) electrons. The first kappa shape index (κ1) is 9.08. The standard InChI is InChI=1S/C9H8FN3S/c10-6-3-7(11)5-8(4-6)14-9-12-1-2-13-9/h1-5H,11H2,(H,12,13). The number of hydrogen-bond acceptors (Lipinski definition) is 3. The molecule has 0 bridgehead atoms. The first-order chi connectivity index (χ1) is 6.74. The Morgan fingerprint density at radius 2 is 2.21 bits per heavy atom. The summed E-state index contributed by atoms with van der Waals surface area (Å²) in [5.41, 5.74) is 5.92. The van der Waals surface area contributed by atoms with E-state index in [0.29, 0.717) is 5.69 Å². The second kappa shape index (κ2) is 3.71. The summed E-state index contributed by atoms with van der Waals surface area (Å²) in [6.07, 6.45) is 3.36. The van der Waals surface area contributed by atoms with Crippen LogP contribution in [0, 0.1) is 5.82 Å². The minimum atomic E-state index is -0.334. The smallest absolute Gasteiger partial charge is 0.170 e. The highest BCUT2D eigenvalue weighted by Gasteiger charge is 2.02. The first-order valence-electron chi connectivity index (χ1n) is 3.97. The van der Waals surface area contributed by atoms with Crippen LogP contribution in [0.15, 0.2) is 40.6 Å². The Hall–Kier alpha value is -1.49. The van der Waals surface area contributed by atoms with Crippen molar-refractivity contribution in [1.29, 1.82) is 0 Å². The predicted octanol–water partition coefficient (Wildman–Crippen LogP) is 2.28. The highest BCUT2D eigenvalue weighted by molar-refractivity contribution is 7.99. The summed E-state index contributed by atoms with van der Waals surface area (Å²) < 4.78 is 12.9. The van der Waals surface area contributed by atoms with Crippen LogP contribution in [0.4, 0.5) is 10.1 Å². The molecule has 2 aromatic rings. The van der Waals surface area contributed by atoms with Gasteiger partial charge in [-0.2, -0.15) is 0 Å². The molecule has 0 spiro atoms. The van der Waals surface area contributed by atoms with Gasteiger partial charge in [-0.1, -0.05) is 11.8 Å². The first-order valence-corrected chi connectivity index (χ1v) is 4.79. The second-order valence-electron chi connectivity index (χ2n) is 2.72. The molecule has 2 rings (SSSR count). The van der Waals surface area contributed by atoms with Crippen LogP contribution in [0.1, 0.15) is 0 Å². The SMILES string of the molecule is Nc1cc(F)cc(Sc2ncc[nH]2)c1. The Morgan fingerprint density at radius 3 is 2.86 bits per heavy atom. The van der Waals surface area contributed by atoms with E-state index in [4.69, 9.17) is 5.73 Å². The molecule has 72 valence electrons. The Morgan fingerprint density at radius 1 is 1.36 bits per heavy atom. The normalized spacial score (nSPS) is 10.4. The lowest BCUT2D eigenvalue weighted by molar-refractivity contribution is 0.625. The number of nitrogen functional groups attached to an aromatic ring is 1. The average Bonchev–Trinajstić information content (AvgIpc) is 2.54. The molecule has 0 saturated heterocycles. The maximum absolute atomic E-state index is 12.9. The fraction of sp³-hybridized carbons (Fsp3) is 0. The summed E-state index contributed by atoms with van der Waals surface area (Å²) in [6.45, 7) is 0. The lowest BCUT2D eigenvalue weighted by Gasteiger charge is -2.00. The van der Waals surface area contributed by atoms with Crippen LogP contribution >= 0.6 is 11.8 Å². The third kappa shape index (κ3) is 2.05. The van der Waals surface area contributed by atoms with Gasteiger partial charge >= 0.3 is 0 Å². The number of aromatic nitrogens is 2. The molecule has 0 unspecified atom stereocenters. The molecule has 0 saturated carbocycles. The maximum atomic E-state index is 12.9. The van der Waals surface area contributed by atoms with E-state index in [1.165, 1.54) is 23.9 Å². The number of hydrogen-bond donors (Lipinski definition) is 2. The van der Waals surface area contributed by atoms with E-state index in [-0.39, 0.29) is 5.82 Å². The summed E-state index contributed by atoms with van der Waals surface area (Å²) in [6, 6.07) is 4.41. The van der Waals surface area contributed by atoms with Crippen molar-refractivity contribution >= 4 is 17.4 Å². The number of nitrogens with one attached hydrogen (secondary N) is 1. The largest absolute Gasteiger partial charge is 0.399 e. The number of benzene rings is 1. The molecule has 0 aliphatic rings. The van der Waals surface area contributed by atoms with Crippen molar-refractivity contribution < 1.29 is 4.39 Å². The molecule has 0 amide bonds. The van der Waals surface area contributed by atoms with Crippen LogP contribution in [0.25, 0.3) is 0 Å². The molecule has 1 aromatic heterocycles. The summed E-state index contributed by atoms with van der Waals surface area (Å²) in [5, 5.41) is 0.718. The molecule has 3 N–H and O–H groups in total. The molecule has 1 heterocycles. The van der Waals surface area contributed by atoms with Crippen LogP contribution in [0.2, 0.25) is 0 Å². The monoisotopic (exact) mass is 209 g/mol. The molecule has 1 aromatic carbocycles. The second-order valence-corrected chi connectivity index (χ2v) is 3.78. The lowest BCUT2D eigenvalue weighted by atomic mass is 10.3. The topological polar surface area (TPSA) is 54.7 Å². The van der Waals surface area contributed by atoms with Crippen LogP contribution < -0.4 is 5.73 Å². The molecular weight excluding hydrogens is 201 g/mol. The molecule has 0 aliphatic carbocycles. The van der Waals surface area contributed by atoms with Crippen molar-refractivity contribution in [2.75, 3.05) is 5.73 Å². The molecule has 0 fully saturated rings. The van der Waals surface area contributed by atoms with Crippen LogP contribution in [-0.2, 0) is 0 Å². The number of anilines is 1. The average molecular weight is 209 g/mol. The van der Waals surface area contributed by atoms with E-state index < -0.39 is 0 Å². The van der Waals surface area contributed by atoms with Crippen molar-refractivity contribution in [2.24, 2.45) is 0 Å². The van der Waals surface area contributed by atoms with E-state index >= 15 is 0 Å². The van der Waals surface area contributed by atoms with E-state index in [1.54, 1.807) is 18.5 Å². The number of nitrogens with zero attached hydrogens (tertiary/aromatic N) is 1. The molecule has 14 heavy (non-hydrogen) atoms. The van der Waals surface area contributed by atoms with E-state index in [9.17, 15) is 4.39 Å². The minimum Gasteiger partial charge on any atom is -0.399 e. The van der Waals surface area contributed by atoms with Crippen molar-refractivity contribution in [3.63, 3.8) is 0 Å². The fourth-order valence-corrected chi connectivity index (χ4v) is 1.89. The van der Waals surface area contributed by atoms with Gasteiger partial charge in [-0.05, 0) is 18.2 Å². The van der Waals surface area contributed by atoms with Gasteiger partial charge in [0.15, 0.2) is 5.16 Å². The van der Waals surface area contributed by atoms with Gasteiger partial charge in [0.1, 0.15) is 5.82 Å². The number of H-pyrrole nitrogens is 1. The van der Waals surface area contributed by atoms with Crippen molar-refractivity contribution in [1.82, 2.24) is 9.97 Å². The Labute approximate surface area is 84.5 Å². The van der Waals surface area contributed by atoms with Gasteiger partial charge < -0.3 is 10.7 Å². The van der Waals surface area contributed by atoms with Crippen molar-refractivity contribution in [3.8, 4) is 0 Å². The summed E-state index contributed by atoms with van der Waals surface area (Å²) in [7, 11) is 0. The summed E-state index contributed by atoms with van der Waals surface area (Å²) >= 11 is 1.34. The maximum Gasteiger partial charge on any atom is 0.170 e. The zero-order chi connectivity index (χ0) is 9.97. The van der Waals surface area contributed by atoms with Gasteiger partial charge in [-0.25, -0.2) is 9.37 Å². The van der Waals surface area contributed by atoms with Gasteiger partial charge in [0.05, 0.1) is 0 Å². The van der Waals surface area contributed by atoms with Gasteiger partial charge in [0.25, 0.3) is 0 Å². The fourth-order valence-electron chi connectivity index (χ4n) is 1.06. The molecule has 0 aliphatic heterocycles. The third-order valence-electron chi connectivity index (χ3n) is 1.58. The number of imidazole rings is 1. The number of halogens is 1. The number of rotatable bonds is 2. The Kier molecular flexibility index (Phi) is 2.41. The summed E-state index contributed by atoms with van der Waals surface area (Å²) in [5.74, 6) is -0.334.